The zero-order valence-electron chi connectivity index (χ0n) is 15.3. The van der Waals surface area contributed by atoms with Gasteiger partial charge in [0.25, 0.3) is 0 Å². The summed E-state index contributed by atoms with van der Waals surface area (Å²) in [6.07, 6.45) is 7.06. The number of aromatic nitrogens is 1. The summed E-state index contributed by atoms with van der Waals surface area (Å²) in [5.74, 6) is 1.40. The van der Waals surface area contributed by atoms with Crippen LogP contribution in [0.25, 0.3) is 0 Å². The van der Waals surface area contributed by atoms with Crippen LogP contribution < -0.4 is 9.47 Å². The maximum absolute atomic E-state index is 10.0. The second-order valence-corrected chi connectivity index (χ2v) is 6.95. The summed E-state index contributed by atoms with van der Waals surface area (Å²) in [4.78, 5) is 6.84. The highest BCUT2D eigenvalue weighted by Gasteiger charge is 2.34. The van der Waals surface area contributed by atoms with Gasteiger partial charge in [-0.25, -0.2) is 0 Å². The number of nitrogens with zero attached hydrogens (tertiary/aromatic N) is 2. The Kier molecular flexibility index (Phi) is 6.63. The number of rotatable bonds is 7. The largest absolute Gasteiger partial charge is 0.493 e. The van der Waals surface area contributed by atoms with E-state index in [2.05, 4.69) is 29.8 Å². The predicted octanol–water partition coefficient (Wildman–Crippen LogP) is 3.03. The minimum absolute atomic E-state index is 0.0539. The van der Waals surface area contributed by atoms with Crippen molar-refractivity contribution in [3.8, 4) is 11.5 Å². The third-order valence-corrected chi connectivity index (χ3v) is 4.76. The lowest BCUT2D eigenvalue weighted by molar-refractivity contribution is 0.0298. The molecule has 1 atom stereocenters. The van der Waals surface area contributed by atoms with Crippen molar-refractivity contribution in [2.45, 2.75) is 39.7 Å². The van der Waals surface area contributed by atoms with Crippen LogP contribution in [0.2, 0.25) is 0 Å². The molecule has 2 heterocycles. The predicted molar refractivity (Wildman–Crippen MR) is 95.4 cm³/mol. The first-order chi connectivity index (χ1) is 11.5. The second kappa shape index (κ2) is 8.49. The molecule has 5 nitrogen and oxygen atoms in total. The van der Waals surface area contributed by atoms with Crippen LogP contribution in [-0.4, -0.2) is 48.9 Å². The maximum atomic E-state index is 10.0. The smallest absolute Gasteiger partial charge is 0.183 e. The molecule has 1 aromatic rings. The molecule has 2 rings (SSSR count). The zero-order chi connectivity index (χ0) is 17.6. The summed E-state index contributed by atoms with van der Waals surface area (Å²) in [6.45, 7) is 7.02. The normalized spacial score (nSPS) is 21.4. The molecule has 0 aromatic carbocycles. The lowest BCUT2D eigenvalue weighted by Gasteiger charge is -2.41. The Morgan fingerprint density at radius 1 is 1.38 bits per heavy atom. The van der Waals surface area contributed by atoms with Gasteiger partial charge >= 0.3 is 0 Å². The van der Waals surface area contributed by atoms with Crippen LogP contribution in [0.1, 0.15) is 38.8 Å². The summed E-state index contributed by atoms with van der Waals surface area (Å²) < 4.78 is 10.9. The van der Waals surface area contributed by atoms with Crippen LogP contribution in [0.15, 0.2) is 23.9 Å². The summed E-state index contributed by atoms with van der Waals surface area (Å²) in [7, 11) is 3.28. The molecule has 0 spiro atoms. The monoisotopic (exact) mass is 334 g/mol. The number of pyridine rings is 1. The molecule has 0 bridgehead atoms. The van der Waals surface area contributed by atoms with Crippen LogP contribution in [-0.2, 0) is 6.54 Å². The molecule has 1 aliphatic heterocycles. The Labute approximate surface area is 145 Å². The van der Waals surface area contributed by atoms with Crippen LogP contribution in [0.5, 0.6) is 11.5 Å². The van der Waals surface area contributed by atoms with Gasteiger partial charge in [0.15, 0.2) is 11.5 Å². The second-order valence-electron chi connectivity index (χ2n) is 6.95. The minimum atomic E-state index is -0.0539. The van der Waals surface area contributed by atoms with Crippen molar-refractivity contribution in [1.82, 2.24) is 9.88 Å². The fourth-order valence-corrected chi connectivity index (χ4v) is 3.40. The van der Waals surface area contributed by atoms with Gasteiger partial charge in [0.05, 0.1) is 20.8 Å². The molecule has 24 heavy (non-hydrogen) atoms. The maximum Gasteiger partial charge on any atom is 0.183 e. The Bertz CT molecular complexity index is 570. The van der Waals surface area contributed by atoms with Crippen molar-refractivity contribution in [3.63, 3.8) is 0 Å². The number of piperidine rings is 1. The van der Waals surface area contributed by atoms with E-state index < -0.39 is 0 Å². The molecular weight excluding hydrogens is 304 g/mol. The first kappa shape index (κ1) is 18.7. The lowest BCUT2D eigenvalue weighted by atomic mass is 9.77. The third-order valence-electron chi connectivity index (χ3n) is 4.76. The standard InChI is InChI=1S/C19H30N2O3/c1-15(2)6-9-19(14-22)8-5-11-21(13-19)12-16-18(24-4)17(23-3)7-10-20-16/h6-7,10,22H,5,8-9,11-14H2,1-4H3/t19-/m0/s1. The van der Waals surface area contributed by atoms with E-state index in [9.17, 15) is 5.11 Å². The van der Waals surface area contributed by atoms with E-state index in [0.717, 1.165) is 38.0 Å². The Hall–Kier alpha value is -1.59. The summed E-state index contributed by atoms with van der Waals surface area (Å²) >= 11 is 0. The van der Waals surface area contributed by atoms with E-state index in [0.29, 0.717) is 18.0 Å². The minimum Gasteiger partial charge on any atom is -0.493 e. The highest BCUT2D eigenvalue weighted by atomic mass is 16.5. The quantitative estimate of drug-likeness (QED) is 0.777. The molecule has 0 aliphatic carbocycles. The van der Waals surface area contributed by atoms with E-state index in [1.807, 2.05) is 6.07 Å². The number of aliphatic hydroxyl groups excluding tert-OH is 1. The molecule has 0 radical (unpaired) electrons. The van der Waals surface area contributed by atoms with E-state index in [-0.39, 0.29) is 12.0 Å². The van der Waals surface area contributed by atoms with Gasteiger partial charge in [-0.05, 0) is 39.7 Å². The number of methoxy groups -OCH3 is 2. The summed E-state index contributed by atoms with van der Waals surface area (Å²) in [5.41, 5.74) is 2.13. The third kappa shape index (κ3) is 4.48. The highest BCUT2D eigenvalue weighted by Crippen LogP contribution is 2.36. The fourth-order valence-electron chi connectivity index (χ4n) is 3.40. The van der Waals surface area contributed by atoms with Crippen LogP contribution in [0.3, 0.4) is 0 Å². The average molecular weight is 334 g/mol. The van der Waals surface area contributed by atoms with Crippen molar-refractivity contribution in [2.75, 3.05) is 33.9 Å². The van der Waals surface area contributed by atoms with Gasteiger partial charge < -0.3 is 14.6 Å². The number of aliphatic hydroxyl groups is 1. The molecule has 1 fully saturated rings. The Balaban J connectivity index is 2.14. The van der Waals surface area contributed by atoms with Crippen molar-refractivity contribution < 1.29 is 14.6 Å². The van der Waals surface area contributed by atoms with E-state index >= 15 is 0 Å². The first-order valence-corrected chi connectivity index (χ1v) is 8.56. The average Bonchev–Trinajstić information content (AvgIpc) is 2.60. The highest BCUT2D eigenvalue weighted by molar-refractivity contribution is 5.42. The van der Waals surface area contributed by atoms with Crippen molar-refractivity contribution >= 4 is 0 Å². The molecule has 0 amide bonds. The van der Waals surface area contributed by atoms with Crippen molar-refractivity contribution in [1.29, 1.82) is 0 Å². The molecule has 1 aromatic heterocycles. The molecule has 134 valence electrons. The number of hydrogen-bond acceptors (Lipinski definition) is 5. The first-order valence-electron chi connectivity index (χ1n) is 8.56. The summed E-state index contributed by atoms with van der Waals surface area (Å²) in [5, 5.41) is 10.0. The molecule has 1 aliphatic rings. The van der Waals surface area contributed by atoms with Gasteiger partial charge in [-0.2, -0.15) is 0 Å². The molecule has 1 N–H and O–H groups in total. The van der Waals surface area contributed by atoms with Crippen LogP contribution in [0.4, 0.5) is 0 Å². The Morgan fingerprint density at radius 2 is 2.17 bits per heavy atom. The fraction of sp³-hybridized carbons (Fsp3) is 0.632. The summed E-state index contributed by atoms with van der Waals surface area (Å²) in [6, 6.07) is 1.81. The molecule has 5 heteroatoms. The topological polar surface area (TPSA) is 54.8 Å². The SMILES string of the molecule is COc1ccnc(CN2CCC[C@](CO)(CC=C(C)C)C2)c1OC. The van der Waals surface area contributed by atoms with Crippen LogP contribution >= 0.6 is 0 Å². The number of ether oxygens (including phenoxy) is 2. The van der Waals surface area contributed by atoms with Crippen molar-refractivity contribution in [2.24, 2.45) is 5.41 Å². The van der Waals surface area contributed by atoms with E-state index in [1.165, 1.54) is 5.57 Å². The van der Waals surface area contributed by atoms with Gasteiger partial charge in [-0.15, -0.1) is 0 Å². The van der Waals surface area contributed by atoms with E-state index in [1.54, 1.807) is 20.4 Å². The Morgan fingerprint density at radius 3 is 2.79 bits per heavy atom. The van der Waals surface area contributed by atoms with Crippen LogP contribution in [0, 0.1) is 5.41 Å². The van der Waals surface area contributed by atoms with E-state index in [4.69, 9.17) is 9.47 Å². The van der Waals surface area contributed by atoms with Gasteiger partial charge in [0.1, 0.15) is 5.69 Å². The van der Waals surface area contributed by atoms with Gasteiger partial charge in [0, 0.05) is 30.8 Å². The number of hydrogen-bond donors (Lipinski definition) is 1. The zero-order valence-corrected chi connectivity index (χ0v) is 15.3. The van der Waals surface area contributed by atoms with Gasteiger partial charge in [-0.3, -0.25) is 9.88 Å². The lowest BCUT2D eigenvalue weighted by Crippen LogP contribution is -2.44. The molecule has 0 saturated carbocycles. The van der Waals surface area contributed by atoms with Gasteiger partial charge in [-0.1, -0.05) is 11.6 Å². The molecular formula is C19H30N2O3. The van der Waals surface area contributed by atoms with Gasteiger partial charge in [0.2, 0.25) is 0 Å². The van der Waals surface area contributed by atoms with Crippen molar-refractivity contribution in [3.05, 3.63) is 29.6 Å². The number of allylic oxidation sites excluding steroid dienone is 2. The number of likely N-dealkylation sites (tertiary alicyclic amines) is 1. The molecule has 0 unspecified atom stereocenters. The molecule has 1 saturated heterocycles.